The van der Waals surface area contributed by atoms with Gasteiger partial charge in [0.2, 0.25) is 19.4 Å². The number of benzene rings is 4. The van der Waals surface area contributed by atoms with E-state index in [4.69, 9.17) is 117 Å². The summed E-state index contributed by atoms with van der Waals surface area (Å²) in [5.41, 5.74) is 4.57. The third-order valence-corrected chi connectivity index (χ3v) is 12.3. The Morgan fingerprint density at radius 1 is 0.690 bits per heavy atom. The zero-order chi connectivity index (χ0) is 41.8. The standard InChI is InChI=1S/C40H34Cl8N6O2S2/c41-29-13-4-5-14-30(29)51-20-22-53(37(51)57)35(39(43,44)45)50-33(56)19-17-26-10-6-11-27(24-26)28-12-7-15-31(34(28)42)52-21-23-54(38(52)58)36(40(46,47)48)49-32(55)18-16-25-8-2-1-3-9-25/h1-15,17,19,24,35-36H,16,18,20-23H2,(H,49,55)(H,50,56)/b19-17+. The Hall–Kier alpha value is -2.74. The first-order chi connectivity index (χ1) is 27.5. The number of nitrogens with one attached hydrogen (secondary N) is 2. The van der Waals surface area contributed by atoms with E-state index in [0.717, 1.165) is 11.1 Å². The molecule has 2 N–H and O–H groups in total. The average molecular weight is 979 g/mol. The number of para-hydroxylation sites is 1. The molecular weight excluding hydrogens is 944 g/mol. The Morgan fingerprint density at radius 3 is 1.90 bits per heavy atom. The van der Waals surface area contributed by atoms with Crippen molar-refractivity contribution in [1.29, 1.82) is 0 Å². The number of carbonyl (C=O) groups is 2. The van der Waals surface area contributed by atoms with Crippen LogP contribution in [0.4, 0.5) is 11.4 Å². The second-order valence-electron chi connectivity index (χ2n) is 13.3. The Kier molecular flexibility index (Phi) is 14.9. The number of amides is 2. The number of halogens is 8. The zero-order valence-electron chi connectivity index (χ0n) is 30.2. The van der Waals surface area contributed by atoms with E-state index in [0.29, 0.717) is 75.4 Å². The van der Waals surface area contributed by atoms with Crippen LogP contribution in [-0.4, -0.2) is 77.9 Å². The SMILES string of the molecule is O=C(/C=C/c1cccc(-c2cccc(N3CCN(C(NC(=O)CCc4ccccc4)C(Cl)(Cl)Cl)C3=S)c2Cl)c1)NC(N1CCN(c2ccccc2Cl)C1=S)C(Cl)(Cl)Cl. The van der Waals surface area contributed by atoms with E-state index in [-0.39, 0.29) is 12.3 Å². The van der Waals surface area contributed by atoms with Gasteiger partial charge in [-0.3, -0.25) is 9.59 Å². The first kappa shape index (κ1) is 44.8. The number of hydrogen-bond acceptors (Lipinski definition) is 4. The number of thiocarbonyl (C=S) groups is 2. The maximum Gasteiger partial charge on any atom is 0.245 e. The van der Waals surface area contributed by atoms with Crippen LogP contribution >= 0.6 is 117 Å². The maximum atomic E-state index is 13.3. The highest BCUT2D eigenvalue weighted by molar-refractivity contribution is 7.80. The predicted octanol–water partition coefficient (Wildman–Crippen LogP) is 10.4. The number of alkyl halides is 6. The summed E-state index contributed by atoms with van der Waals surface area (Å²) in [7, 11) is 0. The Bertz CT molecular complexity index is 2200. The lowest BCUT2D eigenvalue weighted by atomic mass is 10.0. The molecule has 2 fully saturated rings. The molecule has 0 aliphatic carbocycles. The average Bonchev–Trinajstić information content (AvgIpc) is 3.75. The summed E-state index contributed by atoms with van der Waals surface area (Å²) in [4.78, 5) is 33.3. The monoisotopic (exact) mass is 974 g/mol. The molecule has 0 saturated carbocycles. The number of anilines is 2. The highest BCUT2D eigenvalue weighted by Gasteiger charge is 2.45. The summed E-state index contributed by atoms with van der Waals surface area (Å²) in [6.07, 6.45) is 1.62. The number of nitrogens with zero attached hydrogens (tertiary/aromatic N) is 4. The summed E-state index contributed by atoms with van der Waals surface area (Å²) in [5.74, 6) is -0.789. The van der Waals surface area contributed by atoms with Gasteiger partial charge in [-0.05, 0) is 77.9 Å². The molecule has 58 heavy (non-hydrogen) atoms. The summed E-state index contributed by atoms with van der Waals surface area (Å²) in [6.45, 7) is 1.65. The molecule has 2 amide bonds. The van der Waals surface area contributed by atoms with Crippen molar-refractivity contribution >= 4 is 157 Å². The number of aryl methyl sites for hydroxylation is 1. The molecule has 6 rings (SSSR count). The van der Waals surface area contributed by atoms with Crippen LogP contribution in [0.3, 0.4) is 0 Å². The van der Waals surface area contributed by atoms with E-state index >= 15 is 0 Å². The minimum Gasteiger partial charge on any atom is -0.332 e. The van der Waals surface area contributed by atoms with Crippen LogP contribution in [0.2, 0.25) is 10.0 Å². The normalized spacial score (nSPS) is 16.0. The van der Waals surface area contributed by atoms with Gasteiger partial charge in [-0.1, -0.05) is 166 Å². The number of hydrogen-bond donors (Lipinski definition) is 2. The first-order valence-electron chi connectivity index (χ1n) is 17.8. The van der Waals surface area contributed by atoms with E-state index < -0.39 is 25.8 Å². The van der Waals surface area contributed by atoms with E-state index in [2.05, 4.69) is 10.6 Å². The lowest BCUT2D eigenvalue weighted by molar-refractivity contribution is -0.122. The highest BCUT2D eigenvalue weighted by Crippen LogP contribution is 2.40. The fourth-order valence-corrected chi connectivity index (χ4v) is 9.00. The Labute approximate surface area is 387 Å². The van der Waals surface area contributed by atoms with Crippen LogP contribution in [0.1, 0.15) is 17.5 Å². The molecule has 4 aromatic carbocycles. The molecule has 2 unspecified atom stereocenters. The molecule has 2 heterocycles. The third kappa shape index (κ3) is 10.8. The molecule has 2 atom stereocenters. The van der Waals surface area contributed by atoms with Crippen molar-refractivity contribution in [2.75, 3.05) is 36.0 Å². The van der Waals surface area contributed by atoms with Gasteiger partial charge in [-0.2, -0.15) is 0 Å². The van der Waals surface area contributed by atoms with Crippen molar-refractivity contribution in [3.05, 3.63) is 124 Å². The van der Waals surface area contributed by atoms with E-state index in [9.17, 15) is 9.59 Å². The molecule has 0 radical (unpaired) electrons. The first-order valence-corrected chi connectivity index (χ1v) is 21.6. The van der Waals surface area contributed by atoms with Crippen LogP contribution in [0.25, 0.3) is 17.2 Å². The minimum absolute atomic E-state index is 0.200. The second kappa shape index (κ2) is 19.3. The fraction of sp³-hybridized carbons (Fsp3) is 0.250. The topological polar surface area (TPSA) is 71.2 Å². The van der Waals surface area contributed by atoms with Gasteiger partial charge in [0.25, 0.3) is 0 Å². The van der Waals surface area contributed by atoms with Crippen LogP contribution in [-0.2, 0) is 16.0 Å². The van der Waals surface area contributed by atoms with E-state index in [1.807, 2.05) is 101 Å². The minimum atomic E-state index is -1.92. The van der Waals surface area contributed by atoms with Gasteiger partial charge in [-0.25, -0.2) is 0 Å². The third-order valence-electron chi connectivity index (χ3n) is 9.42. The van der Waals surface area contributed by atoms with Crippen LogP contribution in [0, 0.1) is 0 Å². The van der Waals surface area contributed by atoms with Crippen molar-refractivity contribution in [2.24, 2.45) is 0 Å². The highest BCUT2D eigenvalue weighted by atomic mass is 35.6. The van der Waals surface area contributed by atoms with Crippen LogP contribution in [0.5, 0.6) is 0 Å². The van der Waals surface area contributed by atoms with Gasteiger partial charge in [0.15, 0.2) is 22.6 Å². The van der Waals surface area contributed by atoms with Gasteiger partial charge in [0.1, 0.15) is 0 Å². The van der Waals surface area contributed by atoms with Gasteiger partial charge in [0.05, 0.1) is 21.4 Å². The zero-order valence-corrected chi connectivity index (χ0v) is 37.9. The number of carbonyl (C=O) groups excluding carboxylic acids is 2. The second-order valence-corrected chi connectivity index (χ2v) is 19.5. The lowest BCUT2D eigenvalue weighted by Gasteiger charge is -2.35. The molecule has 8 nitrogen and oxygen atoms in total. The van der Waals surface area contributed by atoms with Gasteiger partial charge >= 0.3 is 0 Å². The van der Waals surface area contributed by atoms with E-state index in [1.54, 1.807) is 21.9 Å². The summed E-state index contributed by atoms with van der Waals surface area (Å²) in [5, 5.41) is 7.31. The number of rotatable bonds is 12. The predicted molar refractivity (Wildman–Crippen MR) is 250 cm³/mol. The van der Waals surface area contributed by atoms with Crippen molar-refractivity contribution in [2.45, 2.75) is 32.8 Å². The molecule has 0 aromatic heterocycles. The molecule has 304 valence electrons. The summed E-state index contributed by atoms with van der Waals surface area (Å²) >= 11 is 63.5. The van der Waals surface area contributed by atoms with Gasteiger partial charge in [-0.15, -0.1) is 0 Å². The van der Waals surface area contributed by atoms with Crippen molar-refractivity contribution in [3.63, 3.8) is 0 Å². The van der Waals surface area contributed by atoms with Crippen molar-refractivity contribution < 1.29 is 9.59 Å². The van der Waals surface area contributed by atoms with Crippen molar-refractivity contribution in [3.8, 4) is 11.1 Å². The van der Waals surface area contributed by atoms with Gasteiger partial charge in [0, 0.05) is 44.2 Å². The molecule has 0 bridgehead atoms. The molecule has 18 heteroatoms. The molecule has 2 aliphatic heterocycles. The molecule has 2 saturated heterocycles. The van der Waals surface area contributed by atoms with Crippen LogP contribution < -0.4 is 20.4 Å². The quantitative estimate of drug-likeness (QED) is 0.0827. The fourth-order valence-electron chi connectivity index (χ4n) is 6.62. The Balaban J connectivity index is 1.13. The maximum absolute atomic E-state index is 13.3. The molecule has 4 aromatic rings. The van der Waals surface area contributed by atoms with Crippen molar-refractivity contribution in [1.82, 2.24) is 20.4 Å². The molecule has 2 aliphatic rings. The summed E-state index contributed by atoms with van der Waals surface area (Å²) < 4.78 is -3.81. The Morgan fingerprint density at radius 2 is 1.26 bits per heavy atom. The molecular formula is C40H34Cl8N6O2S2. The summed E-state index contributed by atoms with van der Waals surface area (Å²) in [6, 6.07) is 30.0. The smallest absolute Gasteiger partial charge is 0.245 e. The van der Waals surface area contributed by atoms with Gasteiger partial charge < -0.3 is 30.2 Å². The largest absolute Gasteiger partial charge is 0.332 e. The lowest BCUT2D eigenvalue weighted by Crippen LogP contribution is -2.56. The van der Waals surface area contributed by atoms with E-state index in [1.165, 1.54) is 6.08 Å². The molecule has 0 spiro atoms. The van der Waals surface area contributed by atoms with Crippen LogP contribution in [0.15, 0.2) is 103 Å².